The number of para-hydroxylation sites is 1. The molecular formula is C24H25N5O2S. The van der Waals surface area contributed by atoms with Crippen LogP contribution in [0, 0.1) is 6.92 Å². The van der Waals surface area contributed by atoms with Crippen LogP contribution < -0.4 is 10.9 Å². The molecule has 3 aromatic heterocycles. The molecule has 2 N–H and O–H groups in total. The number of carbonyl (C=O) groups is 1. The molecule has 1 unspecified atom stereocenters. The Hall–Kier alpha value is -3.39. The highest BCUT2D eigenvalue weighted by Gasteiger charge is 2.23. The number of amides is 1. The van der Waals surface area contributed by atoms with Crippen LogP contribution in [0.2, 0.25) is 0 Å². The summed E-state index contributed by atoms with van der Waals surface area (Å²) in [7, 11) is 1.96. The molecule has 164 valence electrons. The Morgan fingerprint density at radius 2 is 2.06 bits per heavy atom. The monoisotopic (exact) mass is 447 g/mol. The summed E-state index contributed by atoms with van der Waals surface area (Å²) in [5.74, 6) is 1.08. The number of aromatic amines is 1. The molecule has 32 heavy (non-hydrogen) atoms. The van der Waals surface area contributed by atoms with Crippen LogP contribution in [0.5, 0.6) is 0 Å². The van der Waals surface area contributed by atoms with Crippen LogP contribution in [0.15, 0.2) is 59.7 Å². The maximum absolute atomic E-state index is 13.4. The van der Waals surface area contributed by atoms with Crippen molar-refractivity contribution in [2.45, 2.75) is 19.4 Å². The number of hydrogen-bond acceptors (Lipinski definition) is 5. The highest BCUT2D eigenvalue weighted by molar-refractivity contribution is 7.98. The van der Waals surface area contributed by atoms with Crippen molar-refractivity contribution in [3.8, 4) is 11.4 Å². The number of hydrogen-bond donors (Lipinski definition) is 2. The third-order valence-electron chi connectivity index (χ3n) is 5.60. The Kier molecular flexibility index (Phi) is 6.41. The number of H-pyrrole nitrogens is 1. The number of thioether (sulfide) groups is 1. The first-order valence-electron chi connectivity index (χ1n) is 10.3. The Morgan fingerprint density at radius 1 is 1.25 bits per heavy atom. The largest absolute Gasteiger partial charge is 0.347 e. The van der Waals surface area contributed by atoms with Gasteiger partial charge in [-0.05, 0) is 43.6 Å². The lowest BCUT2D eigenvalue weighted by Gasteiger charge is -2.19. The smallest absolute Gasteiger partial charge is 0.254 e. The molecule has 0 aliphatic rings. The predicted octanol–water partition coefficient (Wildman–Crippen LogP) is 3.86. The number of rotatable bonds is 7. The van der Waals surface area contributed by atoms with E-state index in [2.05, 4.69) is 20.3 Å². The summed E-state index contributed by atoms with van der Waals surface area (Å²) in [5.41, 5.74) is 3.53. The average molecular weight is 448 g/mol. The normalized spacial score (nSPS) is 12.1. The van der Waals surface area contributed by atoms with Gasteiger partial charge in [0.2, 0.25) is 0 Å². The number of nitrogens with zero attached hydrogens (tertiary/aromatic N) is 3. The molecule has 0 fully saturated rings. The van der Waals surface area contributed by atoms with E-state index in [-0.39, 0.29) is 11.5 Å². The number of benzene rings is 1. The zero-order chi connectivity index (χ0) is 22.7. The second-order valence-electron chi connectivity index (χ2n) is 7.60. The molecule has 0 spiro atoms. The fraction of sp³-hybridized carbons (Fsp3) is 0.250. The molecule has 4 aromatic rings. The van der Waals surface area contributed by atoms with Crippen LogP contribution >= 0.6 is 11.8 Å². The molecule has 8 heteroatoms. The third kappa shape index (κ3) is 4.31. The second-order valence-corrected chi connectivity index (χ2v) is 8.59. The zero-order valence-electron chi connectivity index (χ0n) is 18.3. The molecule has 1 aromatic carbocycles. The molecule has 0 bridgehead atoms. The van der Waals surface area contributed by atoms with E-state index in [0.717, 1.165) is 22.3 Å². The van der Waals surface area contributed by atoms with Gasteiger partial charge in [0.25, 0.3) is 11.5 Å². The lowest BCUT2D eigenvalue weighted by molar-refractivity contribution is 0.0935. The maximum Gasteiger partial charge on any atom is 0.254 e. The van der Waals surface area contributed by atoms with Crippen LogP contribution in [-0.2, 0) is 7.05 Å². The standard InChI is InChI=1S/C24H25N5O2S/c1-15-22(17-8-4-5-9-20(17)29(15)2)24(31)27-18(10-12-32-3)19-13-21(30)28-23(26-19)16-7-6-11-25-14-16/h4-9,11,13-14,18H,10,12H2,1-3H3,(H,27,31)(H,26,28,30). The summed E-state index contributed by atoms with van der Waals surface area (Å²) in [6, 6.07) is 12.5. The average Bonchev–Trinajstić information content (AvgIpc) is 3.07. The van der Waals surface area contributed by atoms with Gasteiger partial charge < -0.3 is 14.9 Å². The highest BCUT2D eigenvalue weighted by Crippen LogP contribution is 2.26. The molecule has 0 saturated carbocycles. The number of fused-ring (bicyclic) bond motifs is 1. The van der Waals surface area contributed by atoms with Crippen molar-refractivity contribution >= 4 is 28.6 Å². The lowest BCUT2D eigenvalue weighted by atomic mass is 10.1. The zero-order valence-corrected chi connectivity index (χ0v) is 19.1. The van der Waals surface area contributed by atoms with E-state index < -0.39 is 6.04 Å². The van der Waals surface area contributed by atoms with Gasteiger partial charge in [0.15, 0.2) is 0 Å². The second kappa shape index (κ2) is 9.40. The van der Waals surface area contributed by atoms with E-state index in [1.54, 1.807) is 30.2 Å². The molecule has 0 aliphatic heterocycles. The summed E-state index contributed by atoms with van der Waals surface area (Å²) in [5, 5.41) is 4.05. The highest BCUT2D eigenvalue weighted by atomic mass is 32.2. The van der Waals surface area contributed by atoms with E-state index in [4.69, 9.17) is 0 Å². The summed E-state index contributed by atoms with van der Waals surface area (Å²) in [4.78, 5) is 37.4. The van der Waals surface area contributed by atoms with Gasteiger partial charge in [-0.1, -0.05) is 18.2 Å². The molecule has 0 aliphatic carbocycles. The van der Waals surface area contributed by atoms with E-state index in [9.17, 15) is 9.59 Å². The van der Waals surface area contributed by atoms with Crippen molar-refractivity contribution in [3.05, 3.63) is 82.2 Å². The maximum atomic E-state index is 13.4. The molecular weight excluding hydrogens is 422 g/mol. The molecule has 0 saturated heterocycles. The van der Waals surface area contributed by atoms with Crippen LogP contribution in [-0.4, -0.2) is 37.4 Å². The first kappa shape index (κ1) is 21.8. The SMILES string of the molecule is CSCCC(NC(=O)c1c(C)n(C)c2ccccc12)c1cc(=O)[nH]c(-c2cccnc2)n1. The molecule has 1 atom stereocenters. The third-order valence-corrected chi connectivity index (χ3v) is 6.24. The number of aromatic nitrogens is 4. The summed E-state index contributed by atoms with van der Waals surface area (Å²) in [6.45, 7) is 1.94. The summed E-state index contributed by atoms with van der Waals surface area (Å²) in [6.07, 6.45) is 5.98. The molecule has 4 rings (SSSR count). The van der Waals surface area contributed by atoms with Crippen molar-refractivity contribution in [2.75, 3.05) is 12.0 Å². The molecule has 7 nitrogen and oxygen atoms in total. The topological polar surface area (TPSA) is 92.7 Å². The van der Waals surface area contributed by atoms with Gasteiger partial charge in [-0.25, -0.2) is 4.98 Å². The van der Waals surface area contributed by atoms with Crippen molar-refractivity contribution in [1.82, 2.24) is 24.8 Å². The van der Waals surface area contributed by atoms with Gasteiger partial charge >= 0.3 is 0 Å². The van der Waals surface area contributed by atoms with E-state index in [1.807, 2.05) is 55.1 Å². The van der Waals surface area contributed by atoms with Gasteiger partial charge in [0, 0.05) is 47.7 Å². The van der Waals surface area contributed by atoms with E-state index in [0.29, 0.717) is 29.1 Å². The fourth-order valence-electron chi connectivity index (χ4n) is 3.86. The van der Waals surface area contributed by atoms with Crippen molar-refractivity contribution in [1.29, 1.82) is 0 Å². The first-order chi connectivity index (χ1) is 15.5. The Labute approximate surface area is 190 Å². The van der Waals surface area contributed by atoms with Gasteiger partial charge in [-0.15, -0.1) is 0 Å². The number of nitrogens with one attached hydrogen (secondary N) is 2. The number of pyridine rings is 1. The number of aryl methyl sites for hydroxylation is 1. The van der Waals surface area contributed by atoms with E-state index >= 15 is 0 Å². The summed E-state index contributed by atoms with van der Waals surface area (Å²) < 4.78 is 2.02. The van der Waals surface area contributed by atoms with Crippen LogP contribution in [0.1, 0.15) is 34.2 Å². The van der Waals surface area contributed by atoms with E-state index in [1.165, 1.54) is 6.07 Å². The molecule has 0 radical (unpaired) electrons. The first-order valence-corrected chi connectivity index (χ1v) is 11.7. The molecule has 3 heterocycles. The van der Waals surface area contributed by atoms with Crippen molar-refractivity contribution < 1.29 is 4.79 Å². The van der Waals surface area contributed by atoms with Crippen molar-refractivity contribution in [2.24, 2.45) is 7.05 Å². The predicted molar refractivity (Wildman–Crippen MR) is 129 cm³/mol. The van der Waals surface area contributed by atoms with Gasteiger partial charge in [0.05, 0.1) is 17.3 Å². The summed E-state index contributed by atoms with van der Waals surface area (Å²) >= 11 is 1.68. The Morgan fingerprint density at radius 3 is 2.81 bits per heavy atom. The van der Waals surface area contributed by atoms with Crippen LogP contribution in [0.25, 0.3) is 22.3 Å². The van der Waals surface area contributed by atoms with Gasteiger partial charge in [-0.3, -0.25) is 14.6 Å². The number of carbonyl (C=O) groups excluding carboxylic acids is 1. The minimum absolute atomic E-state index is 0.171. The minimum Gasteiger partial charge on any atom is -0.347 e. The van der Waals surface area contributed by atoms with Crippen LogP contribution in [0.3, 0.4) is 0 Å². The Bertz CT molecular complexity index is 1310. The van der Waals surface area contributed by atoms with Gasteiger partial charge in [0.1, 0.15) is 5.82 Å². The minimum atomic E-state index is -0.397. The fourth-order valence-corrected chi connectivity index (χ4v) is 4.33. The quantitative estimate of drug-likeness (QED) is 0.449. The van der Waals surface area contributed by atoms with Crippen molar-refractivity contribution in [3.63, 3.8) is 0 Å². The van der Waals surface area contributed by atoms with Crippen LogP contribution in [0.4, 0.5) is 0 Å². The lowest BCUT2D eigenvalue weighted by Crippen LogP contribution is -2.31. The Balaban J connectivity index is 1.72. The van der Waals surface area contributed by atoms with Gasteiger partial charge in [-0.2, -0.15) is 11.8 Å². The molecule has 1 amide bonds.